The van der Waals surface area contributed by atoms with Crippen LogP contribution in [0.3, 0.4) is 0 Å². The Morgan fingerprint density at radius 2 is 1.60 bits per heavy atom. The summed E-state index contributed by atoms with van der Waals surface area (Å²) in [4.78, 5) is 5.00. The molecule has 0 bridgehead atoms. The molecule has 0 amide bonds. The van der Waals surface area contributed by atoms with Crippen molar-refractivity contribution in [3.63, 3.8) is 0 Å². The van der Waals surface area contributed by atoms with E-state index in [4.69, 9.17) is 12.6 Å². The fraction of sp³-hybridized carbons (Fsp3) is 1.00. The second kappa shape index (κ2) is 9.32. The van der Waals surface area contributed by atoms with Crippen molar-refractivity contribution < 1.29 is 0 Å². The van der Waals surface area contributed by atoms with E-state index in [1.165, 1.54) is 58.2 Å². The van der Waals surface area contributed by atoms with Gasteiger partial charge in [0.15, 0.2) is 0 Å². The molecular weight excluding hydrogens is 264 g/mol. The van der Waals surface area contributed by atoms with Crippen molar-refractivity contribution in [3.8, 4) is 0 Å². The van der Waals surface area contributed by atoms with Gasteiger partial charge in [0.2, 0.25) is 0 Å². The summed E-state index contributed by atoms with van der Waals surface area (Å²) in [7, 11) is 4.35. The number of thiol groups is 1. The third-order valence-corrected chi connectivity index (χ3v) is 5.22. The summed E-state index contributed by atoms with van der Waals surface area (Å²) < 4.78 is 0. The molecule has 3 heteroatoms. The third kappa shape index (κ3) is 6.82. The molecule has 1 fully saturated rings. The number of hydrogen-bond acceptors (Lipinski definition) is 3. The van der Waals surface area contributed by atoms with E-state index in [0.29, 0.717) is 5.41 Å². The lowest BCUT2D eigenvalue weighted by Gasteiger charge is -2.38. The predicted molar refractivity (Wildman–Crippen MR) is 93.8 cm³/mol. The van der Waals surface area contributed by atoms with Crippen molar-refractivity contribution >= 4 is 12.6 Å². The summed E-state index contributed by atoms with van der Waals surface area (Å²) in [5.41, 5.74) is 0.473. The van der Waals surface area contributed by atoms with Gasteiger partial charge in [-0.25, -0.2) is 0 Å². The Hall–Kier alpha value is 0.270. The largest absolute Gasteiger partial charge is 0.308 e. The van der Waals surface area contributed by atoms with Gasteiger partial charge in [-0.15, -0.1) is 0 Å². The predicted octanol–water partition coefficient (Wildman–Crippen LogP) is 3.78. The molecule has 120 valence electrons. The summed E-state index contributed by atoms with van der Waals surface area (Å²) in [5.74, 6) is 1.81. The molecule has 1 aliphatic carbocycles. The van der Waals surface area contributed by atoms with Crippen molar-refractivity contribution in [3.05, 3.63) is 0 Å². The smallest absolute Gasteiger partial charge is 0.0109 e. The lowest BCUT2D eigenvalue weighted by atomic mass is 9.81. The molecule has 0 unspecified atom stereocenters. The Labute approximate surface area is 132 Å². The number of hydrogen-bond donors (Lipinski definition) is 1. The Morgan fingerprint density at radius 1 is 1.00 bits per heavy atom. The third-order valence-electron chi connectivity index (χ3n) is 4.55. The molecule has 0 atom stereocenters. The molecule has 0 heterocycles. The van der Waals surface area contributed by atoms with Crippen LogP contribution >= 0.6 is 12.6 Å². The van der Waals surface area contributed by atoms with Crippen LogP contribution in [-0.2, 0) is 0 Å². The van der Waals surface area contributed by atoms with E-state index in [2.05, 4.69) is 37.7 Å². The quantitative estimate of drug-likeness (QED) is 0.538. The fourth-order valence-corrected chi connectivity index (χ4v) is 3.83. The molecule has 2 nitrogen and oxygen atoms in total. The molecule has 20 heavy (non-hydrogen) atoms. The van der Waals surface area contributed by atoms with E-state index in [0.717, 1.165) is 18.2 Å². The first-order valence-corrected chi connectivity index (χ1v) is 9.09. The van der Waals surface area contributed by atoms with Crippen LogP contribution in [0.1, 0.15) is 52.4 Å². The van der Waals surface area contributed by atoms with Crippen molar-refractivity contribution in [2.75, 3.05) is 46.0 Å². The van der Waals surface area contributed by atoms with E-state index in [1.54, 1.807) is 0 Å². The highest BCUT2D eigenvalue weighted by Gasteiger charge is 2.31. The van der Waals surface area contributed by atoms with Gasteiger partial charge in [-0.3, -0.25) is 0 Å². The Kier molecular flexibility index (Phi) is 8.54. The van der Waals surface area contributed by atoms with Gasteiger partial charge in [0.25, 0.3) is 0 Å². The Balaban J connectivity index is 2.62. The van der Waals surface area contributed by atoms with E-state index < -0.39 is 0 Å². The van der Waals surface area contributed by atoms with Gasteiger partial charge in [-0.2, -0.15) is 12.6 Å². The summed E-state index contributed by atoms with van der Waals surface area (Å²) in [6.07, 6.45) is 8.43. The zero-order valence-electron chi connectivity index (χ0n) is 14.2. The fourth-order valence-electron chi connectivity index (χ4n) is 3.41. The maximum absolute atomic E-state index is 4.73. The highest BCUT2D eigenvalue weighted by atomic mass is 32.1. The van der Waals surface area contributed by atoms with Crippen molar-refractivity contribution in [2.24, 2.45) is 11.3 Å². The van der Waals surface area contributed by atoms with Gasteiger partial charge in [-0.1, -0.05) is 39.5 Å². The minimum Gasteiger partial charge on any atom is -0.308 e. The number of likely N-dealkylation sites (N-methyl/N-ethyl adjacent to an activating group) is 1. The molecule has 0 radical (unpaired) electrons. The highest BCUT2D eigenvalue weighted by molar-refractivity contribution is 7.80. The van der Waals surface area contributed by atoms with E-state index in [9.17, 15) is 0 Å². The van der Waals surface area contributed by atoms with E-state index in [1.807, 2.05) is 0 Å². The number of rotatable bonds is 8. The van der Waals surface area contributed by atoms with Gasteiger partial charge in [0, 0.05) is 26.2 Å². The van der Waals surface area contributed by atoms with Crippen molar-refractivity contribution in [1.29, 1.82) is 0 Å². The summed E-state index contributed by atoms with van der Waals surface area (Å²) in [6.45, 7) is 9.51. The molecule has 0 aliphatic heterocycles. The molecule has 0 aromatic carbocycles. The zero-order valence-corrected chi connectivity index (χ0v) is 15.1. The standard InChI is InChI=1S/C17H36N2S/c1-16(2)13-19(12-11-18(3)4)14-17(15-20)9-7-5-6-8-10-17/h16,20H,5-15H2,1-4H3. The monoisotopic (exact) mass is 300 g/mol. The summed E-state index contributed by atoms with van der Waals surface area (Å²) >= 11 is 4.73. The maximum Gasteiger partial charge on any atom is 0.0109 e. The molecule has 0 aromatic rings. The lowest BCUT2D eigenvalue weighted by molar-refractivity contribution is 0.130. The molecule has 1 aliphatic rings. The van der Waals surface area contributed by atoms with Crippen LogP contribution in [0.15, 0.2) is 0 Å². The average molecular weight is 301 g/mol. The molecule has 0 N–H and O–H groups in total. The van der Waals surface area contributed by atoms with Crippen LogP contribution in [-0.4, -0.2) is 55.8 Å². The first-order chi connectivity index (χ1) is 9.47. The molecule has 1 rings (SSSR count). The van der Waals surface area contributed by atoms with Crippen LogP contribution in [0.4, 0.5) is 0 Å². The van der Waals surface area contributed by atoms with Crippen LogP contribution in [0, 0.1) is 11.3 Å². The van der Waals surface area contributed by atoms with Gasteiger partial charge in [0.1, 0.15) is 0 Å². The normalized spacial score (nSPS) is 19.8. The first-order valence-electron chi connectivity index (χ1n) is 8.45. The van der Waals surface area contributed by atoms with Crippen LogP contribution < -0.4 is 0 Å². The first kappa shape index (κ1) is 18.3. The SMILES string of the molecule is CC(C)CN(CCN(C)C)CC1(CS)CCCCCC1. The van der Waals surface area contributed by atoms with Crippen LogP contribution in [0.5, 0.6) is 0 Å². The Bertz CT molecular complexity index is 245. The number of nitrogens with zero attached hydrogens (tertiary/aromatic N) is 2. The van der Waals surface area contributed by atoms with Crippen molar-refractivity contribution in [1.82, 2.24) is 9.80 Å². The highest BCUT2D eigenvalue weighted by Crippen LogP contribution is 2.37. The second-order valence-electron chi connectivity index (χ2n) is 7.50. The maximum atomic E-state index is 4.73. The summed E-state index contributed by atoms with van der Waals surface area (Å²) in [5, 5.41) is 0. The van der Waals surface area contributed by atoms with Crippen LogP contribution in [0.2, 0.25) is 0 Å². The van der Waals surface area contributed by atoms with Gasteiger partial charge >= 0.3 is 0 Å². The van der Waals surface area contributed by atoms with Gasteiger partial charge in [-0.05, 0) is 44.0 Å². The minimum atomic E-state index is 0.473. The molecule has 0 saturated heterocycles. The van der Waals surface area contributed by atoms with Gasteiger partial charge < -0.3 is 9.80 Å². The topological polar surface area (TPSA) is 6.48 Å². The molecular formula is C17H36N2S. The molecule has 0 spiro atoms. The van der Waals surface area contributed by atoms with E-state index >= 15 is 0 Å². The van der Waals surface area contributed by atoms with E-state index in [-0.39, 0.29) is 0 Å². The summed E-state index contributed by atoms with van der Waals surface area (Å²) in [6, 6.07) is 0. The second-order valence-corrected chi connectivity index (χ2v) is 7.82. The molecule has 1 saturated carbocycles. The minimum absolute atomic E-state index is 0.473. The Morgan fingerprint density at radius 3 is 2.05 bits per heavy atom. The lowest BCUT2D eigenvalue weighted by Crippen LogP contribution is -2.43. The van der Waals surface area contributed by atoms with Crippen molar-refractivity contribution in [2.45, 2.75) is 52.4 Å². The van der Waals surface area contributed by atoms with Gasteiger partial charge in [0.05, 0.1) is 0 Å². The zero-order chi connectivity index (χ0) is 15.0. The average Bonchev–Trinajstić information content (AvgIpc) is 2.61. The van der Waals surface area contributed by atoms with Crippen LogP contribution in [0.25, 0.3) is 0 Å². The molecule has 0 aromatic heterocycles.